The molecule has 1 aliphatic heterocycles. The fourth-order valence-electron chi connectivity index (χ4n) is 2.80. The SMILES string of the molecule is Cc1nnc(N2CCN(c3ccc(-c4ccccc4)nn3)CC2)s1. The molecule has 0 N–H and O–H groups in total. The second-order valence-corrected chi connectivity index (χ2v) is 6.88. The van der Waals surface area contributed by atoms with E-state index in [0.717, 1.165) is 53.4 Å². The normalized spacial score (nSPS) is 14.9. The number of piperazine rings is 1. The summed E-state index contributed by atoms with van der Waals surface area (Å²) < 4.78 is 0. The molecular formula is C17H18N6S. The molecule has 4 rings (SSSR count). The predicted molar refractivity (Wildman–Crippen MR) is 96.5 cm³/mol. The molecule has 1 fully saturated rings. The van der Waals surface area contributed by atoms with Crippen LogP contribution in [-0.4, -0.2) is 46.6 Å². The van der Waals surface area contributed by atoms with Crippen LogP contribution in [0.5, 0.6) is 0 Å². The van der Waals surface area contributed by atoms with Crippen molar-refractivity contribution in [2.45, 2.75) is 6.92 Å². The standard InChI is InChI=1S/C17H18N6S/c1-13-18-21-17(24-13)23-11-9-22(10-12-23)16-8-7-15(19-20-16)14-5-3-2-4-6-14/h2-8H,9-12H2,1H3. The summed E-state index contributed by atoms with van der Waals surface area (Å²) in [5, 5.41) is 19.1. The Labute approximate surface area is 144 Å². The van der Waals surface area contributed by atoms with Gasteiger partial charge in [-0.3, -0.25) is 0 Å². The summed E-state index contributed by atoms with van der Waals surface area (Å²) in [7, 11) is 0. The van der Waals surface area contributed by atoms with Gasteiger partial charge < -0.3 is 9.80 Å². The Morgan fingerprint density at radius 3 is 2.17 bits per heavy atom. The molecule has 1 aromatic carbocycles. The van der Waals surface area contributed by atoms with Gasteiger partial charge in [-0.25, -0.2) is 0 Å². The van der Waals surface area contributed by atoms with Crippen LogP contribution in [0, 0.1) is 6.92 Å². The summed E-state index contributed by atoms with van der Waals surface area (Å²) in [6.07, 6.45) is 0. The number of nitrogens with zero attached hydrogens (tertiary/aromatic N) is 6. The van der Waals surface area contributed by atoms with Crippen LogP contribution in [0.4, 0.5) is 10.9 Å². The highest BCUT2D eigenvalue weighted by atomic mass is 32.1. The van der Waals surface area contributed by atoms with E-state index in [4.69, 9.17) is 0 Å². The third-order valence-electron chi connectivity index (χ3n) is 4.11. The van der Waals surface area contributed by atoms with Crippen LogP contribution in [0.2, 0.25) is 0 Å². The van der Waals surface area contributed by atoms with E-state index in [-0.39, 0.29) is 0 Å². The summed E-state index contributed by atoms with van der Waals surface area (Å²) >= 11 is 1.65. The van der Waals surface area contributed by atoms with E-state index in [2.05, 4.69) is 36.3 Å². The summed E-state index contributed by atoms with van der Waals surface area (Å²) in [4.78, 5) is 4.55. The minimum absolute atomic E-state index is 0.905. The molecule has 1 saturated heterocycles. The highest BCUT2D eigenvalue weighted by Crippen LogP contribution is 2.23. The van der Waals surface area contributed by atoms with Crippen molar-refractivity contribution in [3.05, 3.63) is 47.5 Å². The van der Waals surface area contributed by atoms with Crippen LogP contribution < -0.4 is 9.80 Å². The first-order valence-corrected chi connectivity index (χ1v) is 8.80. The van der Waals surface area contributed by atoms with Gasteiger partial charge in [0.05, 0.1) is 5.69 Å². The number of anilines is 2. The first kappa shape index (κ1) is 15.0. The van der Waals surface area contributed by atoms with Gasteiger partial charge in [-0.15, -0.1) is 20.4 Å². The molecule has 24 heavy (non-hydrogen) atoms. The van der Waals surface area contributed by atoms with Crippen LogP contribution in [-0.2, 0) is 0 Å². The maximum Gasteiger partial charge on any atom is 0.208 e. The van der Waals surface area contributed by atoms with Gasteiger partial charge in [0.25, 0.3) is 0 Å². The second-order valence-electron chi connectivity index (χ2n) is 5.72. The van der Waals surface area contributed by atoms with Crippen LogP contribution in [0.25, 0.3) is 11.3 Å². The van der Waals surface area contributed by atoms with Gasteiger partial charge in [0.2, 0.25) is 5.13 Å². The van der Waals surface area contributed by atoms with Gasteiger partial charge in [0.1, 0.15) is 5.01 Å². The Hall–Kier alpha value is -2.54. The van der Waals surface area contributed by atoms with Gasteiger partial charge in [-0.1, -0.05) is 41.7 Å². The largest absolute Gasteiger partial charge is 0.352 e. The second kappa shape index (κ2) is 6.52. The molecule has 122 valence electrons. The zero-order valence-corrected chi connectivity index (χ0v) is 14.3. The van der Waals surface area contributed by atoms with Gasteiger partial charge in [-0.2, -0.15) is 0 Å². The van der Waals surface area contributed by atoms with Crippen molar-refractivity contribution >= 4 is 22.3 Å². The van der Waals surface area contributed by atoms with E-state index in [0.29, 0.717) is 0 Å². The predicted octanol–water partition coefficient (Wildman–Crippen LogP) is 2.63. The average Bonchev–Trinajstić information content (AvgIpc) is 3.09. The number of hydrogen-bond acceptors (Lipinski definition) is 7. The molecule has 0 radical (unpaired) electrons. The van der Waals surface area contributed by atoms with E-state index < -0.39 is 0 Å². The van der Waals surface area contributed by atoms with Crippen LogP contribution in [0.1, 0.15) is 5.01 Å². The van der Waals surface area contributed by atoms with Crippen molar-refractivity contribution in [3.63, 3.8) is 0 Å². The Kier molecular flexibility index (Phi) is 4.08. The monoisotopic (exact) mass is 338 g/mol. The number of hydrogen-bond donors (Lipinski definition) is 0. The lowest BCUT2D eigenvalue weighted by molar-refractivity contribution is 0.640. The highest BCUT2D eigenvalue weighted by molar-refractivity contribution is 7.15. The third-order valence-corrected chi connectivity index (χ3v) is 5.01. The quantitative estimate of drug-likeness (QED) is 0.732. The zero-order chi connectivity index (χ0) is 16.4. The van der Waals surface area contributed by atoms with Gasteiger partial charge in [0.15, 0.2) is 5.82 Å². The Morgan fingerprint density at radius 1 is 0.792 bits per heavy atom. The molecule has 0 aliphatic carbocycles. The van der Waals surface area contributed by atoms with Crippen molar-refractivity contribution in [2.75, 3.05) is 36.0 Å². The lowest BCUT2D eigenvalue weighted by Crippen LogP contribution is -2.46. The minimum Gasteiger partial charge on any atom is -0.352 e. The van der Waals surface area contributed by atoms with Crippen molar-refractivity contribution in [1.29, 1.82) is 0 Å². The molecule has 0 bridgehead atoms. The number of aryl methyl sites for hydroxylation is 1. The smallest absolute Gasteiger partial charge is 0.208 e. The lowest BCUT2D eigenvalue weighted by Gasteiger charge is -2.34. The van der Waals surface area contributed by atoms with Crippen molar-refractivity contribution in [3.8, 4) is 11.3 Å². The lowest BCUT2D eigenvalue weighted by atomic mass is 10.1. The molecule has 0 amide bonds. The third kappa shape index (κ3) is 3.07. The fourth-order valence-corrected chi connectivity index (χ4v) is 3.54. The topological polar surface area (TPSA) is 58.0 Å². The first-order chi connectivity index (χ1) is 11.8. The maximum atomic E-state index is 4.41. The summed E-state index contributed by atoms with van der Waals surface area (Å²) in [5.74, 6) is 0.933. The fraction of sp³-hybridized carbons (Fsp3) is 0.294. The summed E-state index contributed by atoms with van der Waals surface area (Å²) in [6, 6.07) is 14.2. The first-order valence-electron chi connectivity index (χ1n) is 7.99. The van der Waals surface area contributed by atoms with Crippen molar-refractivity contribution in [1.82, 2.24) is 20.4 Å². The molecule has 3 heterocycles. The van der Waals surface area contributed by atoms with E-state index in [1.165, 1.54) is 0 Å². The molecule has 0 saturated carbocycles. The van der Waals surface area contributed by atoms with Crippen molar-refractivity contribution in [2.24, 2.45) is 0 Å². The average molecular weight is 338 g/mol. The Bertz CT molecular complexity index is 793. The van der Waals surface area contributed by atoms with E-state index in [1.807, 2.05) is 43.3 Å². The van der Waals surface area contributed by atoms with Gasteiger partial charge in [0, 0.05) is 31.7 Å². The van der Waals surface area contributed by atoms with Crippen LogP contribution in [0.15, 0.2) is 42.5 Å². The molecule has 6 nitrogen and oxygen atoms in total. The maximum absolute atomic E-state index is 4.41. The van der Waals surface area contributed by atoms with Gasteiger partial charge >= 0.3 is 0 Å². The minimum atomic E-state index is 0.905. The number of benzene rings is 1. The Balaban J connectivity index is 1.42. The van der Waals surface area contributed by atoms with E-state index in [9.17, 15) is 0 Å². The Morgan fingerprint density at radius 2 is 1.54 bits per heavy atom. The van der Waals surface area contributed by atoms with E-state index >= 15 is 0 Å². The van der Waals surface area contributed by atoms with E-state index in [1.54, 1.807) is 11.3 Å². The number of aromatic nitrogens is 4. The van der Waals surface area contributed by atoms with Crippen LogP contribution in [0.3, 0.4) is 0 Å². The molecule has 2 aromatic heterocycles. The molecule has 1 aliphatic rings. The molecular weight excluding hydrogens is 320 g/mol. The zero-order valence-electron chi connectivity index (χ0n) is 13.5. The van der Waals surface area contributed by atoms with Crippen molar-refractivity contribution < 1.29 is 0 Å². The highest BCUT2D eigenvalue weighted by Gasteiger charge is 2.20. The molecule has 0 atom stereocenters. The molecule has 3 aromatic rings. The molecule has 0 unspecified atom stereocenters. The van der Waals surface area contributed by atoms with Gasteiger partial charge in [-0.05, 0) is 19.1 Å². The summed E-state index contributed by atoms with van der Waals surface area (Å²) in [5.41, 5.74) is 2.00. The van der Waals surface area contributed by atoms with Crippen LogP contribution >= 0.6 is 11.3 Å². The molecule has 0 spiro atoms. The molecule has 7 heteroatoms. The summed E-state index contributed by atoms with van der Waals surface area (Å²) in [6.45, 7) is 5.67. The number of rotatable bonds is 3.